The van der Waals surface area contributed by atoms with Crippen LogP contribution in [0.1, 0.15) is 36.6 Å². The van der Waals surface area contributed by atoms with Gasteiger partial charge in [-0.2, -0.15) is 0 Å². The molecule has 2 rings (SSSR count). The molecule has 1 aliphatic rings. The Balaban J connectivity index is 1.91. The summed E-state index contributed by atoms with van der Waals surface area (Å²) in [7, 11) is 0. The van der Waals surface area contributed by atoms with Crippen LogP contribution < -0.4 is 5.73 Å². The highest BCUT2D eigenvalue weighted by molar-refractivity contribution is 5.17. The first-order chi connectivity index (χ1) is 7.27. The van der Waals surface area contributed by atoms with Crippen molar-refractivity contribution in [1.29, 1.82) is 0 Å². The van der Waals surface area contributed by atoms with Crippen molar-refractivity contribution in [3.8, 4) is 0 Å². The van der Waals surface area contributed by atoms with Crippen LogP contribution in [-0.2, 0) is 4.74 Å². The minimum absolute atomic E-state index is 0.0445. The fourth-order valence-corrected chi connectivity index (χ4v) is 2.21. The Morgan fingerprint density at radius 3 is 2.80 bits per heavy atom. The second kappa shape index (κ2) is 4.81. The number of rotatable bonds is 3. The Kier molecular flexibility index (Phi) is 3.44. The first-order valence-corrected chi connectivity index (χ1v) is 5.64. The molecule has 15 heavy (non-hydrogen) atoms. The van der Waals surface area contributed by atoms with Crippen LogP contribution in [0, 0.1) is 12.8 Å². The maximum absolute atomic E-state index is 6.14. The molecule has 0 radical (unpaired) electrons. The smallest absolute Gasteiger partial charge is 0.123 e. The van der Waals surface area contributed by atoms with Gasteiger partial charge in [0.2, 0.25) is 0 Å². The SMILES string of the molecule is Cc1ccoc1C(N)CC1CCOCC1. The number of furan rings is 1. The lowest BCUT2D eigenvalue weighted by atomic mass is 9.91. The summed E-state index contributed by atoms with van der Waals surface area (Å²) in [5.41, 5.74) is 7.30. The van der Waals surface area contributed by atoms with Crippen LogP contribution in [0.25, 0.3) is 0 Å². The lowest BCUT2D eigenvalue weighted by Gasteiger charge is -2.24. The monoisotopic (exact) mass is 209 g/mol. The Hall–Kier alpha value is -0.800. The van der Waals surface area contributed by atoms with Crippen LogP contribution in [0.15, 0.2) is 16.7 Å². The molecule has 0 bridgehead atoms. The van der Waals surface area contributed by atoms with Gasteiger partial charge in [0.25, 0.3) is 0 Å². The second-order valence-electron chi connectivity index (χ2n) is 4.37. The van der Waals surface area contributed by atoms with E-state index in [-0.39, 0.29) is 6.04 Å². The molecule has 1 aromatic rings. The third-order valence-electron chi connectivity index (χ3n) is 3.17. The van der Waals surface area contributed by atoms with E-state index in [4.69, 9.17) is 14.9 Å². The molecule has 1 unspecified atom stereocenters. The van der Waals surface area contributed by atoms with Gasteiger partial charge in [0.1, 0.15) is 5.76 Å². The molecule has 0 amide bonds. The molecule has 1 saturated heterocycles. The van der Waals surface area contributed by atoms with E-state index in [1.54, 1.807) is 6.26 Å². The number of nitrogens with two attached hydrogens (primary N) is 1. The average molecular weight is 209 g/mol. The van der Waals surface area contributed by atoms with Gasteiger partial charge in [-0.1, -0.05) is 0 Å². The van der Waals surface area contributed by atoms with Crippen molar-refractivity contribution in [1.82, 2.24) is 0 Å². The molecule has 2 N–H and O–H groups in total. The molecule has 0 spiro atoms. The normalized spacial score (nSPS) is 20.4. The van der Waals surface area contributed by atoms with Crippen LogP contribution in [0.3, 0.4) is 0 Å². The summed E-state index contributed by atoms with van der Waals surface area (Å²) in [6, 6.07) is 2.02. The molecule has 3 heteroatoms. The first kappa shape index (κ1) is 10.7. The van der Waals surface area contributed by atoms with Crippen LogP contribution in [-0.4, -0.2) is 13.2 Å². The van der Waals surface area contributed by atoms with E-state index in [1.807, 2.05) is 13.0 Å². The van der Waals surface area contributed by atoms with Crippen molar-refractivity contribution in [2.75, 3.05) is 13.2 Å². The van der Waals surface area contributed by atoms with Gasteiger partial charge >= 0.3 is 0 Å². The maximum atomic E-state index is 6.14. The predicted molar refractivity (Wildman–Crippen MR) is 58.5 cm³/mol. The lowest BCUT2D eigenvalue weighted by molar-refractivity contribution is 0.0611. The van der Waals surface area contributed by atoms with Gasteiger partial charge in [-0.15, -0.1) is 0 Å². The molecule has 0 aliphatic carbocycles. The molecule has 3 nitrogen and oxygen atoms in total. The highest BCUT2D eigenvalue weighted by atomic mass is 16.5. The van der Waals surface area contributed by atoms with Crippen LogP contribution in [0.5, 0.6) is 0 Å². The molecule has 0 aromatic carbocycles. The van der Waals surface area contributed by atoms with Crippen molar-refractivity contribution < 1.29 is 9.15 Å². The highest BCUT2D eigenvalue weighted by Crippen LogP contribution is 2.27. The second-order valence-corrected chi connectivity index (χ2v) is 4.37. The van der Waals surface area contributed by atoms with Crippen LogP contribution >= 0.6 is 0 Å². The third-order valence-corrected chi connectivity index (χ3v) is 3.17. The zero-order chi connectivity index (χ0) is 10.7. The van der Waals surface area contributed by atoms with E-state index in [9.17, 15) is 0 Å². The number of ether oxygens (including phenoxy) is 1. The van der Waals surface area contributed by atoms with E-state index in [0.717, 1.165) is 43.8 Å². The fourth-order valence-electron chi connectivity index (χ4n) is 2.21. The summed E-state index contributed by atoms with van der Waals surface area (Å²) in [4.78, 5) is 0. The van der Waals surface area contributed by atoms with Crippen molar-refractivity contribution in [2.45, 2.75) is 32.2 Å². The Morgan fingerprint density at radius 2 is 2.20 bits per heavy atom. The average Bonchev–Trinajstić information content (AvgIpc) is 2.66. The van der Waals surface area contributed by atoms with Gasteiger partial charge in [0.15, 0.2) is 0 Å². The highest BCUT2D eigenvalue weighted by Gasteiger charge is 2.20. The Morgan fingerprint density at radius 1 is 1.47 bits per heavy atom. The molecule has 1 aromatic heterocycles. The van der Waals surface area contributed by atoms with Crippen molar-refractivity contribution in [3.63, 3.8) is 0 Å². The lowest BCUT2D eigenvalue weighted by Crippen LogP contribution is -2.21. The fraction of sp³-hybridized carbons (Fsp3) is 0.667. The molecule has 1 fully saturated rings. The van der Waals surface area contributed by atoms with Crippen molar-refractivity contribution in [2.24, 2.45) is 11.7 Å². The van der Waals surface area contributed by atoms with E-state index in [0.29, 0.717) is 5.92 Å². The summed E-state index contributed by atoms with van der Waals surface area (Å²) in [5, 5.41) is 0. The van der Waals surface area contributed by atoms with Gasteiger partial charge in [-0.25, -0.2) is 0 Å². The summed E-state index contributed by atoms with van der Waals surface area (Å²) in [5.74, 6) is 1.64. The van der Waals surface area contributed by atoms with Gasteiger partial charge in [0, 0.05) is 13.2 Å². The van der Waals surface area contributed by atoms with Gasteiger partial charge in [0.05, 0.1) is 12.3 Å². The summed E-state index contributed by atoms with van der Waals surface area (Å²) in [6.45, 7) is 3.81. The zero-order valence-corrected chi connectivity index (χ0v) is 9.24. The molecule has 84 valence electrons. The van der Waals surface area contributed by atoms with E-state index in [2.05, 4.69) is 0 Å². The molecule has 0 saturated carbocycles. The van der Waals surface area contributed by atoms with E-state index >= 15 is 0 Å². The summed E-state index contributed by atoms with van der Waals surface area (Å²) >= 11 is 0. The summed E-state index contributed by atoms with van der Waals surface area (Å²) in [6.07, 6.45) is 4.99. The van der Waals surface area contributed by atoms with Gasteiger partial charge in [-0.3, -0.25) is 0 Å². The van der Waals surface area contributed by atoms with Crippen LogP contribution in [0.2, 0.25) is 0 Å². The van der Waals surface area contributed by atoms with Gasteiger partial charge < -0.3 is 14.9 Å². The minimum Gasteiger partial charge on any atom is -0.467 e. The molecule has 2 heterocycles. The molecule has 1 aliphatic heterocycles. The maximum Gasteiger partial charge on any atom is 0.123 e. The molecular weight excluding hydrogens is 190 g/mol. The zero-order valence-electron chi connectivity index (χ0n) is 9.24. The largest absolute Gasteiger partial charge is 0.467 e. The summed E-state index contributed by atoms with van der Waals surface area (Å²) < 4.78 is 10.7. The first-order valence-electron chi connectivity index (χ1n) is 5.64. The molecule has 1 atom stereocenters. The Labute approximate surface area is 90.6 Å². The third kappa shape index (κ3) is 2.61. The van der Waals surface area contributed by atoms with Gasteiger partial charge in [-0.05, 0) is 43.7 Å². The number of hydrogen-bond acceptors (Lipinski definition) is 3. The van der Waals surface area contributed by atoms with Crippen molar-refractivity contribution >= 4 is 0 Å². The molecular formula is C12H19NO2. The minimum atomic E-state index is 0.0445. The quantitative estimate of drug-likeness (QED) is 0.831. The number of hydrogen-bond donors (Lipinski definition) is 1. The van der Waals surface area contributed by atoms with E-state index < -0.39 is 0 Å². The standard InChI is InChI=1S/C12H19NO2/c1-9-2-7-15-12(9)11(13)8-10-3-5-14-6-4-10/h2,7,10-11H,3-6,8,13H2,1H3. The Bertz CT molecular complexity index is 302. The van der Waals surface area contributed by atoms with E-state index in [1.165, 1.54) is 0 Å². The van der Waals surface area contributed by atoms with Crippen LogP contribution in [0.4, 0.5) is 0 Å². The predicted octanol–water partition coefficient (Wildman–Crippen LogP) is 2.40. The number of aryl methyl sites for hydroxylation is 1. The topological polar surface area (TPSA) is 48.4 Å². The van der Waals surface area contributed by atoms with Crippen molar-refractivity contribution in [3.05, 3.63) is 23.7 Å².